The highest BCUT2D eigenvalue weighted by Gasteiger charge is 2.09. The van der Waals surface area contributed by atoms with Gasteiger partial charge in [-0.1, -0.05) is 12.1 Å². The van der Waals surface area contributed by atoms with Crippen molar-refractivity contribution in [1.82, 2.24) is 5.32 Å². The van der Waals surface area contributed by atoms with Crippen LogP contribution in [0.25, 0.3) is 0 Å². The first-order valence-electron chi connectivity index (χ1n) is 6.27. The average molecular weight is 246 g/mol. The highest BCUT2D eigenvalue weighted by Crippen LogP contribution is 2.18. The van der Waals surface area contributed by atoms with Crippen molar-refractivity contribution >= 4 is 11.6 Å². The lowest BCUT2D eigenvalue weighted by Crippen LogP contribution is -2.37. The molecule has 1 amide bonds. The van der Waals surface area contributed by atoms with Gasteiger partial charge in [-0.2, -0.15) is 0 Å². The lowest BCUT2D eigenvalue weighted by molar-refractivity contribution is -0.119. The summed E-state index contributed by atoms with van der Waals surface area (Å²) in [7, 11) is 0. The summed E-state index contributed by atoms with van der Waals surface area (Å²) in [5, 5.41) is 2.80. The smallest absolute Gasteiger partial charge is 0.239 e. The van der Waals surface area contributed by atoms with E-state index in [2.05, 4.69) is 55.8 Å². The predicted molar refractivity (Wildman–Crippen MR) is 77.0 cm³/mol. The summed E-state index contributed by atoms with van der Waals surface area (Å²) >= 11 is 0. The van der Waals surface area contributed by atoms with E-state index in [9.17, 15) is 4.79 Å². The van der Waals surface area contributed by atoms with E-state index in [1.54, 1.807) is 6.08 Å². The summed E-state index contributed by atoms with van der Waals surface area (Å²) < 4.78 is 0. The van der Waals surface area contributed by atoms with Crippen LogP contribution in [0, 0.1) is 13.8 Å². The molecule has 1 aromatic rings. The first-order chi connectivity index (χ1) is 8.56. The minimum atomic E-state index is 0.0240. The summed E-state index contributed by atoms with van der Waals surface area (Å²) in [6.45, 7) is 11.5. The van der Waals surface area contributed by atoms with Gasteiger partial charge in [0.05, 0.1) is 6.54 Å². The molecule has 0 aliphatic heterocycles. The molecule has 1 aromatic carbocycles. The minimum absolute atomic E-state index is 0.0240. The number of nitrogens with one attached hydrogen (secondary N) is 1. The van der Waals surface area contributed by atoms with E-state index in [4.69, 9.17) is 0 Å². The van der Waals surface area contributed by atoms with Crippen LogP contribution in [-0.2, 0) is 4.79 Å². The SMILES string of the molecule is C=CCNC(=O)CN(CC)c1cc(C)cc(C)c1. The number of aryl methyl sites for hydroxylation is 2. The molecule has 0 heterocycles. The van der Waals surface area contributed by atoms with Crippen LogP contribution < -0.4 is 10.2 Å². The molecular formula is C15H22N2O. The predicted octanol–water partition coefficient (Wildman–Crippen LogP) is 2.43. The van der Waals surface area contributed by atoms with Gasteiger partial charge in [-0.05, 0) is 44.0 Å². The maximum absolute atomic E-state index is 11.7. The van der Waals surface area contributed by atoms with Crippen molar-refractivity contribution in [3.8, 4) is 0 Å². The zero-order valence-corrected chi connectivity index (χ0v) is 11.5. The number of nitrogens with zero attached hydrogens (tertiary/aromatic N) is 1. The summed E-state index contributed by atoms with van der Waals surface area (Å²) in [6.07, 6.45) is 1.69. The zero-order valence-electron chi connectivity index (χ0n) is 11.5. The topological polar surface area (TPSA) is 32.3 Å². The van der Waals surface area contributed by atoms with Gasteiger partial charge in [-0.25, -0.2) is 0 Å². The molecule has 1 N–H and O–H groups in total. The van der Waals surface area contributed by atoms with Gasteiger partial charge in [-0.15, -0.1) is 6.58 Å². The Morgan fingerprint density at radius 3 is 2.44 bits per heavy atom. The first kappa shape index (κ1) is 14.3. The fourth-order valence-corrected chi connectivity index (χ4v) is 1.93. The van der Waals surface area contributed by atoms with Gasteiger partial charge in [0.25, 0.3) is 0 Å². The second-order valence-corrected chi connectivity index (χ2v) is 4.45. The van der Waals surface area contributed by atoms with Crippen LogP contribution in [0.15, 0.2) is 30.9 Å². The fourth-order valence-electron chi connectivity index (χ4n) is 1.93. The third kappa shape index (κ3) is 4.24. The van der Waals surface area contributed by atoms with E-state index in [-0.39, 0.29) is 5.91 Å². The molecule has 0 unspecified atom stereocenters. The number of carbonyl (C=O) groups is 1. The number of carbonyl (C=O) groups excluding carboxylic acids is 1. The summed E-state index contributed by atoms with van der Waals surface area (Å²) in [5.41, 5.74) is 3.54. The molecule has 0 radical (unpaired) electrons. The monoisotopic (exact) mass is 246 g/mol. The molecule has 0 fully saturated rings. The van der Waals surface area contributed by atoms with Gasteiger partial charge >= 0.3 is 0 Å². The van der Waals surface area contributed by atoms with Crippen LogP contribution in [-0.4, -0.2) is 25.5 Å². The number of amides is 1. The van der Waals surface area contributed by atoms with Gasteiger partial charge in [0, 0.05) is 18.8 Å². The largest absolute Gasteiger partial charge is 0.362 e. The zero-order chi connectivity index (χ0) is 13.5. The lowest BCUT2D eigenvalue weighted by atomic mass is 10.1. The maximum atomic E-state index is 11.7. The Morgan fingerprint density at radius 1 is 1.33 bits per heavy atom. The van der Waals surface area contributed by atoms with Crippen molar-refractivity contribution in [2.75, 3.05) is 24.5 Å². The van der Waals surface area contributed by atoms with E-state index in [0.717, 1.165) is 12.2 Å². The van der Waals surface area contributed by atoms with E-state index in [1.807, 2.05) is 0 Å². The van der Waals surface area contributed by atoms with Crippen LogP contribution in [0.1, 0.15) is 18.1 Å². The molecule has 0 bridgehead atoms. The van der Waals surface area contributed by atoms with Crippen molar-refractivity contribution in [2.45, 2.75) is 20.8 Å². The number of benzene rings is 1. The van der Waals surface area contributed by atoms with Gasteiger partial charge in [0.2, 0.25) is 5.91 Å². The Hall–Kier alpha value is -1.77. The summed E-state index contributed by atoms with van der Waals surface area (Å²) in [4.78, 5) is 13.8. The Labute approximate surface area is 109 Å². The molecule has 98 valence electrons. The van der Waals surface area contributed by atoms with Crippen molar-refractivity contribution < 1.29 is 4.79 Å². The molecule has 0 aliphatic rings. The molecule has 0 saturated heterocycles. The average Bonchev–Trinajstić information content (AvgIpc) is 2.32. The van der Waals surface area contributed by atoms with Crippen molar-refractivity contribution in [1.29, 1.82) is 0 Å². The number of anilines is 1. The molecule has 0 spiro atoms. The van der Waals surface area contributed by atoms with Crippen LogP contribution in [0.5, 0.6) is 0 Å². The molecule has 0 saturated carbocycles. The van der Waals surface area contributed by atoms with E-state index < -0.39 is 0 Å². The van der Waals surface area contributed by atoms with Crippen LogP contribution >= 0.6 is 0 Å². The van der Waals surface area contributed by atoms with E-state index >= 15 is 0 Å². The second kappa shape index (κ2) is 6.84. The van der Waals surface area contributed by atoms with E-state index in [0.29, 0.717) is 13.1 Å². The number of hydrogen-bond donors (Lipinski definition) is 1. The van der Waals surface area contributed by atoms with Crippen molar-refractivity contribution in [2.24, 2.45) is 0 Å². The molecule has 3 heteroatoms. The first-order valence-corrected chi connectivity index (χ1v) is 6.27. The molecule has 0 aliphatic carbocycles. The minimum Gasteiger partial charge on any atom is -0.362 e. The quantitative estimate of drug-likeness (QED) is 0.782. The molecule has 3 nitrogen and oxygen atoms in total. The standard InChI is InChI=1S/C15H22N2O/c1-5-7-16-15(18)11-17(6-2)14-9-12(3)8-13(4)10-14/h5,8-10H,1,6-7,11H2,2-4H3,(H,16,18). The summed E-state index contributed by atoms with van der Waals surface area (Å²) in [5.74, 6) is 0.0240. The highest BCUT2D eigenvalue weighted by atomic mass is 16.2. The van der Waals surface area contributed by atoms with Gasteiger partial charge in [0.1, 0.15) is 0 Å². The van der Waals surface area contributed by atoms with Crippen molar-refractivity contribution in [3.05, 3.63) is 42.0 Å². The fraction of sp³-hybridized carbons (Fsp3) is 0.400. The van der Waals surface area contributed by atoms with Gasteiger partial charge in [-0.3, -0.25) is 4.79 Å². The Morgan fingerprint density at radius 2 is 1.94 bits per heavy atom. The van der Waals surface area contributed by atoms with Gasteiger partial charge < -0.3 is 10.2 Å². The highest BCUT2D eigenvalue weighted by molar-refractivity contribution is 5.81. The molecule has 0 aromatic heterocycles. The Balaban J connectivity index is 2.76. The maximum Gasteiger partial charge on any atom is 0.239 e. The Kier molecular flexibility index (Phi) is 5.43. The molecule has 18 heavy (non-hydrogen) atoms. The molecular weight excluding hydrogens is 224 g/mol. The van der Waals surface area contributed by atoms with Gasteiger partial charge in [0.15, 0.2) is 0 Å². The van der Waals surface area contributed by atoms with Crippen LogP contribution in [0.4, 0.5) is 5.69 Å². The third-order valence-corrected chi connectivity index (χ3v) is 2.73. The number of rotatable bonds is 6. The van der Waals surface area contributed by atoms with Crippen molar-refractivity contribution in [3.63, 3.8) is 0 Å². The normalized spacial score (nSPS) is 9.94. The van der Waals surface area contributed by atoms with Crippen LogP contribution in [0.3, 0.4) is 0 Å². The lowest BCUT2D eigenvalue weighted by Gasteiger charge is -2.23. The van der Waals surface area contributed by atoms with Crippen LogP contribution in [0.2, 0.25) is 0 Å². The second-order valence-electron chi connectivity index (χ2n) is 4.45. The third-order valence-electron chi connectivity index (χ3n) is 2.73. The number of hydrogen-bond acceptors (Lipinski definition) is 2. The molecule has 1 rings (SSSR count). The van der Waals surface area contributed by atoms with E-state index in [1.165, 1.54) is 11.1 Å². The molecule has 0 atom stereocenters. The summed E-state index contributed by atoms with van der Waals surface area (Å²) in [6, 6.07) is 6.35. The Bertz CT molecular complexity index is 406. The number of likely N-dealkylation sites (N-methyl/N-ethyl adjacent to an activating group) is 1.